The van der Waals surface area contributed by atoms with Crippen molar-refractivity contribution in [1.82, 2.24) is 16.0 Å². The van der Waals surface area contributed by atoms with Gasteiger partial charge in [0, 0.05) is 6.54 Å². The van der Waals surface area contributed by atoms with Crippen molar-refractivity contribution in [3.8, 4) is 0 Å². The van der Waals surface area contributed by atoms with Crippen LogP contribution >= 0.6 is 0 Å². The van der Waals surface area contributed by atoms with Gasteiger partial charge < -0.3 is 21.5 Å². The summed E-state index contributed by atoms with van der Waals surface area (Å²) in [6.07, 6.45) is 0.613. The first kappa shape index (κ1) is 26.4. The lowest BCUT2D eigenvalue weighted by Crippen LogP contribution is -2.47. The number of aliphatic hydroxyl groups excluding tert-OH is 1. The van der Waals surface area contributed by atoms with Crippen LogP contribution in [0, 0.1) is 0 Å². The van der Waals surface area contributed by atoms with Crippen LogP contribution in [0.4, 0.5) is 4.79 Å². The van der Waals surface area contributed by atoms with E-state index in [1.165, 1.54) is 0 Å². The van der Waals surface area contributed by atoms with Crippen LogP contribution in [0.5, 0.6) is 0 Å². The lowest BCUT2D eigenvalue weighted by Gasteiger charge is -2.18. The molecule has 0 heterocycles. The number of aliphatic imine (C=N–C) groups is 1. The second kappa shape index (κ2) is 13.7. The minimum atomic E-state index is -0.530. The Labute approximate surface area is 211 Å². The molecule has 0 fully saturated rings. The number of benzene rings is 3. The van der Waals surface area contributed by atoms with Crippen LogP contribution in [0.3, 0.4) is 0 Å². The van der Waals surface area contributed by atoms with Crippen molar-refractivity contribution in [1.29, 1.82) is 0 Å². The molecule has 2 unspecified atom stereocenters. The van der Waals surface area contributed by atoms with Crippen molar-refractivity contribution >= 4 is 17.9 Å². The number of guanidine groups is 1. The largest absolute Gasteiger partial charge is 0.394 e. The number of urea groups is 1. The van der Waals surface area contributed by atoms with E-state index >= 15 is 0 Å². The fraction of sp³-hybridized carbons (Fsp3) is 0.250. The van der Waals surface area contributed by atoms with Crippen LogP contribution < -0.4 is 21.7 Å². The van der Waals surface area contributed by atoms with E-state index in [0.717, 1.165) is 22.3 Å². The van der Waals surface area contributed by atoms with Gasteiger partial charge in [-0.2, -0.15) is 0 Å². The Kier molecular flexibility index (Phi) is 10.0. The SMILES string of the molecule is CC(CO)NC(=O)NC(N)=NCc1cccc(CNC(=O)C(Cc2ccccc2)c2ccccc2)c1. The summed E-state index contributed by atoms with van der Waals surface area (Å²) in [5, 5.41) is 17.0. The zero-order chi connectivity index (χ0) is 25.8. The molecule has 0 aliphatic rings. The van der Waals surface area contributed by atoms with Gasteiger partial charge in [-0.05, 0) is 35.6 Å². The van der Waals surface area contributed by atoms with Crippen LogP contribution in [0.15, 0.2) is 89.9 Å². The summed E-state index contributed by atoms with van der Waals surface area (Å²) in [5.74, 6) is -0.361. The van der Waals surface area contributed by atoms with Gasteiger partial charge in [-0.3, -0.25) is 10.1 Å². The summed E-state index contributed by atoms with van der Waals surface area (Å²) in [5.41, 5.74) is 9.69. The standard InChI is InChI=1S/C28H33N5O3/c1-20(19-34)32-28(36)33-27(29)31-18-23-12-8-11-22(15-23)17-30-26(35)25(24-13-6-3-7-14-24)16-21-9-4-2-5-10-21/h2-15,20,25,34H,16-19H2,1H3,(H,30,35)(H4,29,31,32,33,36). The van der Waals surface area contributed by atoms with Crippen molar-refractivity contribution in [3.05, 3.63) is 107 Å². The summed E-state index contributed by atoms with van der Waals surface area (Å²) in [7, 11) is 0. The zero-order valence-electron chi connectivity index (χ0n) is 20.4. The Balaban J connectivity index is 1.60. The van der Waals surface area contributed by atoms with Crippen molar-refractivity contribution < 1.29 is 14.7 Å². The smallest absolute Gasteiger partial charge is 0.321 e. The molecule has 3 aromatic carbocycles. The summed E-state index contributed by atoms with van der Waals surface area (Å²) in [6.45, 7) is 2.14. The van der Waals surface area contributed by atoms with Crippen molar-refractivity contribution in [2.45, 2.75) is 38.4 Å². The van der Waals surface area contributed by atoms with Crippen LogP contribution in [-0.4, -0.2) is 35.7 Å². The van der Waals surface area contributed by atoms with E-state index in [9.17, 15) is 9.59 Å². The van der Waals surface area contributed by atoms with Crippen molar-refractivity contribution in [2.75, 3.05) is 6.61 Å². The average Bonchev–Trinajstić information content (AvgIpc) is 2.90. The van der Waals surface area contributed by atoms with Crippen LogP contribution in [0.2, 0.25) is 0 Å². The Hall–Kier alpha value is -4.17. The van der Waals surface area contributed by atoms with Gasteiger partial charge in [0.05, 0.1) is 25.1 Å². The number of rotatable bonds is 10. The van der Waals surface area contributed by atoms with Crippen LogP contribution in [0.1, 0.15) is 35.1 Å². The molecule has 0 aliphatic carbocycles. The first-order chi connectivity index (χ1) is 17.4. The van der Waals surface area contributed by atoms with Crippen molar-refractivity contribution in [2.24, 2.45) is 10.7 Å². The van der Waals surface area contributed by atoms with Crippen LogP contribution in [0.25, 0.3) is 0 Å². The van der Waals surface area contributed by atoms with E-state index in [4.69, 9.17) is 10.8 Å². The minimum absolute atomic E-state index is 0.0250. The number of hydrogen-bond acceptors (Lipinski definition) is 4. The maximum Gasteiger partial charge on any atom is 0.321 e. The highest BCUT2D eigenvalue weighted by molar-refractivity contribution is 5.95. The van der Waals surface area contributed by atoms with Gasteiger partial charge in [0.1, 0.15) is 0 Å². The Morgan fingerprint density at radius 2 is 1.56 bits per heavy atom. The van der Waals surface area contributed by atoms with Crippen molar-refractivity contribution in [3.63, 3.8) is 0 Å². The molecule has 8 heteroatoms. The topological polar surface area (TPSA) is 129 Å². The van der Waals surface area contributed by atoms with Gasteiger partial charge in [-0.15, -0.1) is 0 Å². The highest BCUT2D eigenvalue weighted by Crippen LogP contribution is 2.21. The van der Waals surface area contributed by atoms with E-state index in [1.807, 2.05) is 84.9 Å². The summed E-state index contributed by atoms with van der Waals surface area (Å²) < 4.78 is 0. The molecule has 0 radical (unpaired) electrons. The average molecular weight is 488 g/mol. The molecule has 3 amide bonds. The maximum absolute atomic E-state index is 13.2. The molecule has 36 heavy (non-hydrogen) atoms. The molecule has 0 spiro atoms. The fourth-order valence-electron chi connectivity index (χ4n) is 3.69. The van der Waals surface area contributed by atoms with E-state index in [2.05, 4.69) is 20.9 Å². The lowest BCUT2D eigenvalue weighted by atomic mass is 9.91. The molecule has 3 aromatic rings. The minimum Gasteiger partial charge on any atom is -0.394 e. The quantitative estimate of drug-likeness (QED) is 0.222. The first-order valence-corrected chi connectivity index (χ1v) is 11.9. The number of amides is 3. The molecule has 0 bridgehead atoms. The lowest BCUT2D eigenvalue weighted by molar-refractivity contribution is -0.122. The molecule has 0 aliphatic heterocycles. The fourth-order valence-corrected chi connectivity index (χ4v) is 3.69. The van der Waals surface area contributed by atoms with Gasteiger partial charge >= 0.3 is 6.03 Å². The first-order valence-electron chi connectivity index (χ1n) is 11.9. The Morgan fingerprint density at radius 3 is 2.25 bits per heavy atom. The van der Waals surface area contributed by atoms with E-state index in [0.29, 0.717) is 13.0 Å². The predicted molar refractivity (Wildman–Crippen MR) is 141 cm³/mol. The number of carbonyl (C=O) groups excluding carboxylic acids is 2. The number of aliphatic hydroxyl groups is 1. The monoisotopic (exact) mass is 487 g/mol. The maximum atomic E-state index is 13.2. The molecule has 8 nitrogen and oxygen atoms in total. The van der Waals surface area contributed by atoms with Gasteiger partial charge in [0.25, 0.3) is 0 Å². The van der Waals surface area contributed by atoms with E-state index in [-0.39, 0.29) is 37.0 Å². The number of carbonyl (C=O) groups is 2. The third-order valence-corrected chi connectivity index (χ3v) is 5.58. The summed E-state index contributed by atoms with van der Waals surface area (Å²) >= 11 is 0. The molecule has 188 valence electrons. The summed E-state index contributed by atoms with van der Waals surface area (Å²) in [4.78, 5) is 29.2. The van der Waals surface area contributed by atoms with E-state index < -0.39 is 6.03 Å². The van der Waals surface area contributed by atoms with Gasteiger partial charge in [-0.1, -0.05) is 84.9 Å². The number of nitrogens with two attached hydrogens (primary N) is 1. The highest BCUT2D eigenvalue weighted by Gasteiger charge is 2.20. The number of nitrogens with zero attached hydrogens (tertiary/aromatic N) is 1. The third kappa shape index (κ3) is 8.56. The van der Waals surface area contributed by atoms with Gasteiger partial charge in [-0.25, -0.2) is 9.79 Å². The zero-order valence-corrected chi connectivity index (χ0v) is 20.4. The molecule has 0 aromatic heterocycles. The molecule has 6 N–H and O–H groups in total. The number of nitrogens with one attached hydrogen (secondary N) is 3. The predicted octanol–water partition coefficient (Wildman–Crippen LogP) is 2.82. The number of hydrogen-bond donors (Lipinski definition) is 5. The Morgan fingerprint density at radius 1 is 0.917 bits per heavy atom. The second-order valence-corrected chi connectivity index (χ2v) is 8.57. The molecule has 3 rings (SSSR count). The van der Waals surface area contributed by atoms with Gasteiger partial charge in [0.15, 0.2) is 5.96 Å². The summed E-state index contributed by atoms with van der Waals surface area (Å²) in [6, 6.07) is 26.5. The Bertz CT molecular complexity index is 1150. The van der Waals surface area contributed by atoms with Crippen LogP contribution in [-0.2, 0) is 24.3 Å². The second-order valence-electron chi connectivity index (χ2n) is 8.57. The third-order valence-electron chi connectivity index (χ3n) is 5.58. The molecular weight excluding hydrogens is 454 g/mol. The highest BCUT2D eigenvalue weighted by atomic mass is 16.3. The van der Waals surface area contributed by atoms with Gasteiger partial charge in [0.2, 0.25) is 5.91 Å². The molecule has 0 saturated carbocycles. The normalized spacial score (nSPS) is 12.9. The molecular formula is C28H33N5O3. The molecule has 2 atom stereocenters. The molecule has 0 saturated heterocycles. The van der Waals surface area contributed by atoms with E-state index in [1.54, 1.807) is 6.92 Å².